The number of amides is 2. The third kappa shape index (κ3) is 11.5. The first-order chi connectivity index (χ1) is 23.1. The summed E-state index contributed by atoms with van der Waals surface area (Å²) in [7, 11) is 0. The van der Waals surface area contributed by atoms with Crippen molar-refractivity contribution in [3.8, 4) is 23.0 Å². The number of anilines is 2. The molecule has 262 valence electrons. The number of ether oxygens (including phenoxy) is 4. The average molecular weight is 665 g/mol. The maximum Gasteiger partial charge on any atom is 0.259 e. The van der Waals surface area contributed by atoms with Crippen LogP contribution < -0.4 is 29.6 Å². The van der Waals surface area contributed by atoms with Crippen LogP contribution in [-0.2, 0) is 13.2 Å². The molecular weight excluding hydrogens is 612 g/mol. The second-order valence-electron chi connectivity index (χ2n) is 12.5. The van der Waals surface area contributed by atoms with Crippen LogP contribution in [0.4, 0.5) is 11.4 Å². The lowest BCUT2D eigenvalue weighted by molar-refractivity contribution is 0.102. The Morgan fingerprint density at radius 2 is 1.02 bits per heavy atom. The molecule has 0 spiro atoms. The van der Waals surface area contributed by atoms with Crippen molar-refractivity contribution in [2.45, 2.75) is 80.4 Å². The molecule has 0 bridgehead atoms. The van der Waals surface area contributed by atoms with Gasteiger partial charge in [-0.1, -0.05) is 66.5 Å². The van der Waals surface area contributed by atoms with Crippen LogP contribution in [0.3, 0.4) is 0 Å². The van der Waals surface area contributed by atoms with Crippen LogP contribution in [0.1, 0.15) is 99.1 Å². The van der Waals surface area contributed by atoms with Crippen LogP contribution in [0, 0.1) is 11.8 Å². The number of nitrogens with one attached hydrogen (secondary N) is 2. The Bertz CT molecular complexity index is 1380. The summed E-state index contributed by atoms with van der Waals surface area (Å²) < 4.78 is 24.1. The molecule has 0 saturated heterocycles. The predicted octanol–water partition coefficient (Wildman–Crippen LogP) is 7.60. The van der Waals surface area contributed by atoms with E-state index in [1.165, 1.54) is 6.07 Å². The van der Waals surface area contributed by atoms with E-state index in [1.807, 2.05) is 27.7 Å². The van der Waals surface area contributed by atoms with Crippen LogP contribution in [-0.4, -0.2) is 48.5 Å². The van der Waals surface area contributed by atoms with Crippen LogP contribution in [0.15, 0.2) is 48.5 Å². The molecule has 3 aromatic rings. The number of aliphatic hydroxyl groups excluding tert-OH is 2. The normalized spacial score (nSPS) is 11.0. The van der Waals surface area contributed by atoms with Gasteiger partial charge in [0.25, 0.3) is 11.8 Å². The fourth-order valence-electron chi connectivity index (χ4n) is 4.50. The van der Waals surface area contributed by atoms with Gasteiger partial charge in [0.1, 0.15) is 23.0 Å². The highest BCUT2D eigenvalue weighted by atomic mass is 16.5. The number of carbonyl (C=O) groups is 2. The maximum atomic E-state index is 14.0. The van der Waals surface area contributed by atoms with Crippen LogP contribution >= 0.6 is 0 Å². The Hall–Kier alpha value is -4.28. The van der Waals surface area contributed by atoms with Gasteiger partial charge in [-0.05, 0) is 66.1 Å². The highest BCUT2D eigenvalue weighted by molar-refractivity contribution is 6.12. The second-order valence-corrected chi connectivity index (χ2v) is 12.5. The summed E-state index contributed by atoms with van der Waals surface area (Å²) >= 11 is 0. The summed E-state index contributed by atoms with van der Waals surface area (Å²) in [4.78, 5) is 28.1. The molecule has 0 radical (unpaired) electrons. The number of aliphatic hydroxyl groups is 2. The third-order valence-electron chi connectivity index (χ3n) is 7.18. The molecule has 0 heterocycles. The smallest absolute Gasteiger partial charge is 0.259 e. The van der Waals surface area contributed by atoms with Crippen molar-refractivity contribution in [3.63, 3.8) is 0 Å². The number of carbonyl (C=O) groups excluding carboxylic acids is 2. The fourth-order valence-corrected chi connectivity index (χ4v) is 4.50. The monoisotopic (exact) mass is 664 g/mol. The zero-order chi connectivity index (χ0) is 35.1. The van der Waals surface area contributed by atoms with E-state index in [-0.39, 0.29) is 47.7 Å². The molecular formula is C38H52N2O8. The molecule has 0 atom stereocenters. The number of rotatable bonds is 20. The minimum atomic E-state index is -0.528. The number of unbranched alkanes of at least 4 members (excludes halogenated alkanes) is 2. The molecule has 3 rings (SSSR count). The average Bonchev–Trinajstić information content (AvgIpc) is 3.07. The Morgan fingerprint density at radius 1 is 0.604 bits per heavy atom. The quantitative estimate of drug-likeness (QED) is 0.0907. The summed E-state index contributed by atoms with van der Waals surface area (Å²) in [6.45, 7) is 13.3. The van der Waals surface area contributed by atoms with Gasteiger partial charge in [-0.15, -0.1) is 0 Å². The van der Waals surface area contributed by atoms with E-state index < -0.39 is 11.8 Å². The van der Waals surface area contributed by atoms with Gasteiger partial charge in [0.15, 0.2) is 0 Å². The van der Waals surface area contributed by atoms with Crippen molar-refractivity contribution >= 4 is 23.2 Å². The molecule has 2 amide bonds. The SMILES string of the molecule is CCCCOc1ccc(CO)cc1NC(=O)c1cc(C(=O)Nc2cc(CO)ccc2OCCCC)c(OCC(C)C)cc1OCC(C)C. The van der Waals surface area contributed by atoms with E-state index in [9.17, 15) is 19.8 Å². The summed E-state index contributed by atoms with van der Waals surface area (Å²) in [5, 5.41) is 25.4. The molecule has 0 saturated carbocycles. The number of hydrogen-bond donors (Lipinski definition) is 4. The first-order valence-electron chi connectivity index (χ1n) is 16.9. The minimum absolute atomic E-state index is 0.120. The van der Waals surface area contributed by atoms with Crippen molar-refractivity contribution < 1.29 is 38.7 Å². The van der Waals surface area contributed by atoms with Gasteiger partial charge in [-0.25, -0.2) is 0 Å². The van der Waals surface area contributed by atoms with E-state index >= 15 is 0 Å². The van der Waals surface area contributed by atoms with Gasteiger partial charge in [0.2, 0.25) is 0 Å². The second kappa shape index (κ2) is 19.5. The Morgan fingerprint density at radius 3 is 1.38 bits per heavy atom. The lowest BCUT2D eigenvalue weighted by Gasteiger charge is -2.20. The molecule has 10 heteroatoms. The summed E-state index contributed by atoms with van der Waals surface area (Å²) in [5.74, 6) is 0.713. The van der Waals surface area contributed by atoms with E-state index in [4.69, 9.17) is 18.9 Å². The Labute approximate surface area is 284 Å². The first-order valence-corrected chi connectivity index (χ1v) is 16.9. The lowest BCUT2D eigenvalue weighted by atomic mass is 10.1. The molecule has 10 nitrogen and oxygen atoms in total. The lowest BCUT2D eigenvalue weighted by Crippen LogP contribution is -2.20. The van der Waals surface area contributed by atoms with Gasteiger partial charge < -0.3 is 39.8 Å². The van der Waals surface area contributed by atoms with Crippen molar-refractivity contribution in [2.24, 2.45) is 11.8 Å². The van der Waals surface area contributed by atoms with E-state index in [2.05, 4.69) is 24.5 Å². The zero-order valence-electron chi connectivity index (χ0n) is 29.2. The van der Waals surface area contributed by atoms with Gasteiger partial charge >= 0.3 is 0 Å². The molecule has 0 fully saturated rings. The van der Waals surface area contributed by atoms with Gasteiger partial charge in [-0.3, -0.25) is 9.59 Å². The number of hydrogen-bond acceptors (Lipinski definition) is 8. The molecule has 0 aliphatic rings. The van der Waals surface area contributed by atoms with Crippen molar-refractivity contribution in [2.75, 3.05) is 37.1 Å². The van der Waals surface area contributed by atoms with E-state index in [1.54, 1.807) is 42.5 Å². The standard InChI is InChI=1S/C38H52N2O8/c1-7-9-15-45-33-13-11-27(21-41)17-31(33)39-37(43)29-19-30(36(48-24-26(5)6)20-35(29)47-23-25(3)4)38(44)40-32-18-28(22-42)12-14-34(32)46-16-10-8-2/h11-14,17-20,25-26,41-42H,7-10,15-16,21-24H2,1-6H3,(H,39,43)(H,40,44). The summed E-state index contributed by atoms with van der Waals surface area (Å²) in [6, 6.07) is 13.3. The van der Waals surface area contributed by atoms with Gasteiger partial charge in [0, 0.05) is 6.07 Å². The predicted molar refractivity (Wildman–Crippen MR) is 189 cm³/mol. The maximum absolute atomic E-state index is 14.0. The summed E-state index contributed by atoms with van der Waals surface area (Å²) in [5.41, 5.74) is 2.22. The Kier molecular flexibility index (Phi) is 15.5. The van der Waals surface area contributed by atoms with E-state index in [0.29, 0.717) is 60.4 Å². The highest BCUT2D eigenvalue weighted by Crippen LogP contribution is 2.34. The highest BCUT2D eigenvalue weighted by Gasteiger charge is 2.24. The fraction of sp³-hybridized carbons (Fsp3) is 0.474. The van der Waals surface area contributed by atoms with Crippen molar-refractivity contribution in [1.82, 2.24) is 0 Å². The zero-order valence-corrected chi connectivity index (χ0v) is 29.2. The van der Waals surface area contributed by atoms with Crippen molar-refractivity contribution in [1.29, 1.82) is 0 Å². The largest absolute Gasteiger partial charge is 0.492 e. The first kappa shape index (κ1) is 38.2. The molecule has 3 aromatic carbocycles. The topological polar surface area (TPSA) is 136 Å². The van der Waals surface area contributed by atoms with Crippen LogP contribution in [0.2, 0.25) is 0 Å². The minimum Gasteiger partial charge on any atom is -0.492 e. The molecule has 48 heavy (non-hydrogen) atoms. The summed E-state index contributed by atoms with van der Waals surface area (Å²) in [6.07, 6.45) is 3.57. The Balaban J connectivity index is 2.09. The molecule has 0 aliphatic carbocycles. The van der Waals surface area contributed by atoms with Gasteiger partial charge in [-0.2, -0.15) is 0 Å². The molecule has 0 unspecified atom stereocenters. The number of benzene rings is 3. The molecule has 0 aliphatic heterocycles. The van der Waals surface area contributed by atoms with E-state index in [0.717, 1.165) is 25.7 Å². The third-order valence-corrected chi connectivity index (χ3v) is 7.18. The molecule has 0 aromatic heterocycles. The molecule has 4 N–H and O–H groups in total. The van der Waals surface area contributed by atoms with Crippen molar-refractivity contribution in [3.05, 3.63) is 70.8 Å². The van der Waals surface area contributed by atoms with Crippen LogP contribution in [0.25, 0.3) is 0 Å². The van der Waals surface area contributed by atoms with Gasteiger partial charge in [0.05, 0.1) is 62.1 Å². The van der Waals surface area contributed by atoms with Crippen LogP contribution in [0.5, 0.6) is 23.0 Å².